The number of hydrogen-bond donors (Lipinski definition) is 1. The molecule has 1 aromatic rings. The molecule has 116 valence electrons. The lowest BCUT2D eigenvalue weighted by Gasteiger charge is -2.23. The molecule has 2 amide bonds. The Bertz CT molecular complexity index is 513. The summed E-state index contributed by atoms with van der Waals surface area (Å²) in [6.45, 7) is 5.11. The van der Waals surface area contributed by atoms with Gasteiger partial charge < -0.3 is 20.3 Å². The van der Waals surface area contributed by atoms with Gasteiger partial charge in [0.2, 0.25) is 5.91 Å². The van der Waals surface area contributed by atoms with E-state index in [0.29, 0.717) is 30.1 Å². The zero-order valence-electron chi connectivity index (χ0n) is 13.0. The molecule has 0 unspecified atom stereocenters. The molecule has 0 saturated carbocycles. The van der Waals surface area contributed by atoms with E-state index in [0.717, 1.165) is 0 Å². The van der Waals surface area contributed by atoms with Crippen LogP contribution in [0.25, 0.3) is 0 Å². The molecular formula is C15H23N3O3. The number of carbonyl (C=O) groups is 2. The van der Waals surface area contributed by atoms with E-state index in [1.807, 2.05) is 13.8 Å². The van der Waals surface area contributed by atoms with Crippen molar-refractivity contribution >= 4 is 17.5 Å². The number of hydrogen-bond acceptors (Lipinski definition) is 4. The van der Waals surface area contributed by atoms with Crippen molar-refractivity contribution in [2.45, 2.75) is 13.8 Å². The Morgan fingerprint density at radius 3 is 2.33 bits per heavy atom. The van der Waals surface area contributed by atoms with Gasteiger partial charge in [0.1, 0.15) is 5.75 Å². The maximum atomic E-state index is 12.3. The molecule has 6 nitrogen and oxygen atoms in total. The van der Waals surface area contributed by atoms with Crippen molar-refractivity contribution in [3.63, 3.8) is 0 Å². The summed E-state index contributed by atoms with van der Waals surface area (Å²) in [6, 6.07) is 4.82. The van der Waals surface area contributed by atoms with Gasteiger partial charge >= 0.3 is 0 Å². The summed E-state index contributed by atoms with van der Waals surface area (Å²) in [5.41, 5.74) is 6.59. The van der Waals surface area contributed by atoms with Gasteiger partial charge in [-0.3, -0.25) is 9.59 Å². The van der Waals surface area contributed by atoms with Crippen LogP contribution in [0, 0.1) is 0 Å². The number of nitrogen functional groups attached to an aromatic ring is 1. The van der Waals surface area contributed by atoms with Crippen LogP contribution in [0.15, 0.2) is 18.2 Å². The number of ether oxygens (including phenoxy) is 1. The number of methoxy groups -OCH3 is 1. The van der Waals surface area contributed by atoms with Gasteiger partial charge in [0.15, 0.2) is 0 Å². The lowest BCUT2D eigenvalue weighted by Crippen LogP contribution is -2.41. The highest BCUT2D eigenvalue weighted by molar-refractivity contribution is 5.97. The monoisotopic (exact) mass is 293 g/mol. The van der Waals surface area contributed by atoms with Crippen molar-refractivity contribution in [2.75, 3.05) is 39.5 Å². The first-order chi connectivity index (χ1) is 9.92. The summed E-state index contributed by atoms with van der Waals surface area (Å²) in [4.78, 5) is 27.4. The summed E-state index contributed by atoms with van der Waals surface area (Å²) in [5, 5.41) is 0. The normalized spacial score (nSPS) is 10.1. The molecule has 6 heteroatoms. The SMILES string of the molecule is CCN(CC)C(=O)CN(C)C(=O)c1cc(N)cc(OC)c1. The highest BCUT2D eigenvalue weighted by Crippen LogP contribution is 2.19. The van der Waals surface area contributed by atoms with Crippen molar-refractivity contribution in [1.29, 1.82) is 0 Å². The van der Waals surface area contributed by atoms with Gasteiger partial charge in [0.05, 0.1) is 13.7 Å². The summed E-state index contributed by atoms with van der Waals surface area (Å²) in [5.74, 6) is 0.176. The first-order valence-corrected chi connectivity index (χ1v) is 6.90. The van der Waals surface area contributed by atoms with Crippen LogP contribution in [0.4, 0.5) is 5.69 Å². The molecule has 0 spiro atoms. The molecule has 0 saturated heterocycles. The minimum Gasteiger partial charge on any atom is -0.497 e. The van der Waals surface area contributed by atoms with Gasteiger partial charge in [0.25, 0.3) is 5.91 Å². The minimum absolute atomic E-state index is 0.0393. The highest BCUT2D eigenvalue weighted by Gasteiger charge is 2.18. The molecule has 1 rings (SSSR count). The fraction of sp³-hybridized carbons (Fsp3) is 0.467. The first kappa shape index (κ1) is 16.8. The Labute approximate surface area is 125 Å². The number of amides is 2. The molecule has 0 aliphatic heterocycles. The van der Waals surface area contributed by atoms with Crippen molar-refractivity contribution in [3.05, 3.63) is 23.8 Å². The number of nitrogens with two attached hydrogens (primary N) is 1. The molecule has 0 bridgehead atoms. The lowest BCUT2D eigenvalue weighted by atomic mass is 10.1. The standard InChI is InChI=1S/C15H23N3O3/c1-5-18(6-2)14(19)10-17(3)15(20)11-7-12(16)9-13(8-11)21-4/h7-9H,5-6,10,16H2,1-4H3. The molecule has 0 aromatic heterocycles. The average Bonchev–Trinajstić information content (AvgIpc) is 2.46. The van der Waals surface area contributed by atoms with Gasteiger partial charge in [-0.25, -0.2) is 0 Å². The topological polar surface area (TPSA) is 75.9 Å². The summed E-state index contributed by atoms with van der Waals surface area (Å²) < 4.78 is 5.09. The van der Waals surface area contributed by atoms with Gasteiger partial charge in [-0.1, -0.05) is 0 Å². The van der Waals surface area contributed by atoms with E-state index in [2.05, 4.69) is 0 Å². The van der Waals surface area contributed by atoms with Crippen molar-refractivity contribution < 1.29 is 14.3 Å². The third-order valence-corrected chi connectivity index (χ3v) is 3.25. The number of benzene rings is 1. The molecule has 21 heavy (non-hydrogen) atoms. The number of anilines is 1. The molecular weight excluding hydrogens is 270 g/mol. The number of likely N-dealkylation sites (N-methyl/N-ethyl adjacent to an activating group) is 2. The Morgan fingerprint density at radius 1 is 1.19 bits per heavy atom. The van der Waals surface area contributed by atoms with E-state index in [1.165, 1.54) is 12.0 Å². The van der Waals surface area contributed by atoms with Crippen LogP contribution in [0.1, 0.15) is 24.2 Å². The minimum atomic E-state index is -0.263. The maximum Gasteiger partial charge on any atom is 0.254 e. The zero-order chi connectivity index (χ0) is 16.0. The molecule has 0 atom stereocenters. The van der Waals surface area contributed by atoms with E-state index in [-0.39, 0.29) is 18.4 Å². The Morgan fingerprint density at radius 2 is 1.81 bits per heavy atom. The Balaban J connectivity index is 2.83. The second kappa shape index (κ2) is 7.52. The van der Waals surface area contributed by atoms with Crippen LogP contribution in [0.2, 0.25) is 0 Å². The van der Waals surface area contributed by atoms with Crippen molar-refractivity contribution in [3.8, 4) is 5.75 Å². The zero-order valence-corrected chi connectivity index (χ0v) is 13.0. The predicted molar refractivity (Wildman–Crippen MR) is 82.3 cm³/mol. The lowest BCUT2D eigenvalue weighted by molar-refractivity contribution is -0.131. The third kappa shape index (κ3) is 4.37. The van der Waals surface area contributed by atoms with E-state index >= 15 is 0 Å². The second-order valence-corrected chi connectivity index (χ2v) is 4.72. The van der Waals surface area contributed by atoms with Crippen LogP contribution < -0.4 is 10.5 Å². The summed E-state index contributed by atoms with van der Waals surface area (Å²) in [7, 11) is 3.11. The highest BCUT2D eigenvalue weighted by atomic mass is 16.5. The van der Waals surface area contributed by atoms with E-state index in [9.17, 15) is 9.59 Å². The average molecular weight is 293 g/mol. The largest absolute Gasteiger partial charge is 0.497 e. The molecule has 0 fully saturated rings. The van der Waals surface area contributed by atoms with Gasteiger partial charge in [-0.15, -0.1) is 0 Å². The third-order valence-electron chi connectivity index (χ3n) is 3.25. The van der Waals surface area contributed by atoms with Gasteiger partial charge in [-0.2, -0.15) is 0 Å². The van der Waals surface area contributed by atoms with E-state index in [4.69, 9.17) is 10.5 Å². The number of nitrogens with zero attached hydrogens (tertiary/aromatic N) is 2. The smallest absolute Gasteiger partial charge is 0.254 e. The fourth-order valence-electron chi connectivity index (χ4n) is 2.03. The van der Waals surface area contributed by atoms with Crippen molar-refractivity contribution in [1.82, 2.24) is 9.80 Å². The molecule has 2 N–H and O–H groups in total. The number of rotatable bonds is 6. The van der Waals surface area contributed by atoms with Crippen molar-refractivity contribution in [2.24, 2.45) is 0 Å². The molecule has 0 aliphatic rings. The summed E-state index contributed by atoms with van der Waals surface area (Å²) >= 11 is 0. The predicted octanol–water partition coefficient (Wildman–Crippen LogP) is 1.22. The van der Waals surface area contributed by atoms with Crippen LogP contribution in [-0.2, 0) is 4.79 Å². The van der Waals surface area contributed by atoms with Crippen LogP contribution >= 0.6 is 0 Å². The first-order valence-electron chi connectivity index (χ1n) is 6.90. The Kier molecular flexibility index (Phi) is 6.02. The molecule has 0 radical (unpaired) electrons. The fourth-order valence-corrected chi connectivity index (χ4v) is 2.03. The quantitative estimate of drug-likeness (QED) is 0.800. The van der Waals surface area contributed by atoms with Crippen LogP contribution in [-0.4, -0.2) is 55.4 Å². The van der Waals surface area contributed by atoms with Gasteiger partial charge in [0, 0.05) is 37.5 Å². The number of carbonyl (C=O) groups excluding carboxylic acids is 2. The molecule has 0 heterocycles. The summed E-state index contributed by atoms with van der Waals surface area (Å²) in [6.07, 6.45) is 0. The van der Waals surface area contributed by atoms with E-state index < -0.39 is 0 Å². The van der Waals surface area contributed by atoms with E-state index in [1.54, 1.807) is 30.1 Å². The van der Waals surface area contributed by atoms with Crippen LogP contribution in [0.5, 0.6) is 5.75 Å². The van der Waals surface area contributed by atoms with Gasteiger partial charge in [-0.05, 0) is 26.0 Å². The van der Waals surface area contributed by atoms with Crippen LogP contribution in [0.3, 0.4) is 0 Å². The second-order valence-electron chi connectivity index (χ2n) is 4.72. The molecule has 1 aromatic carbocycles. The molecule has 0 aliphatic carbocycles. The Hall–Kier alpha value is -2.24. The maximum absolute atomic E-state index is 12.3.